The van der Waals surface area contributed by atoms with Crippen molar-refractivity contribution < 1.29 is 22.7 Å². The average molecular weight is 280 g/mol. The van der Waals surface area contributed by atoms with E-state index in [1.54, 1.807) is 0 Å². The van der Waals surface area contributed by atoms with E-state index >= 15 is 0 Å². The van der Waals surface area contributed by atoms with E-state index in [-0.39, 0.29) is 30.0 Å². The normalized spacial score (nSPS) is 20.3. The predicted octanol–water partition coefficient (Wildman–Crippen LogP) is 2.93. The average Bonchev–Trinajstić information content (AvgIpc) is 2.55. The lowest BCUT2D eigenvalue weighted by Gasteiger charge is -2.17. The highest BCUT2D eigenvalue weighted by Gasteiger charge is 2.32. The van der Waals surface area contributed by atoms with Gasteiger partial charge in [-0.05, 0) is 12.1 Å². The summed E-state index contributed by atoms with van der Waals surface area (Å²) in [5, 5.41) is -0.315. The maximum absolute atomic E-state index is 12.1. The molecule has 2 rings (SSSR count). The molecule has 18 heavy (non-hydrogen) atoms. The van der Waals surface area contributed by atoms with Gasteiger partial charge in [0.05, 0.1) is 5.38 Å². The second-order valence-corrected chi connectivity index (χ2v) is 4.47. The zero-order chi connectivity index (χ0) is 13.3. The number of carbonyl (C=O) groups is 1. The number of halogens is 4. The lowest BCUT2D eigenvalue weighted by atomic mass is 10.3. The Labute approximate surface area is 106 Å². The van der Waals surface area contributed by atoms with Crippen molar-refractivity contribution in [2.75, 3.05) is 11.4 Å². The molecule has 0 bridgehead atoms. The van der Waals surface area contributed by atoms with Gasteiger partial charge < -0.3 is 9.64 Å². The van der Waals surface area contributed by atoms with E-state index < -0.39 is 6.36 Å². The Morgan fingerprint density at radius 3 is 2.67 bits per heavy atom. The number of anilines is 1. The molecule has 0 aliphatic carbocycles. The highest BCUT2D eigenvalue weighted by molar-refractivity contribution is 6.24. The summed E-state index contributed by atoms with van der Waals surface area (Å²) in [6, 6.07) is 5.28. The van der Waals surface area contributed by atoms with Gasteiger partial charge in [0.25, 0.3) is 0 Å². The highest BCUT2D eigenvalue weighted by atomic mass is 35.5. The van der Waals surface area contributed by atoms with Crippen LogP contribution in [-0.2, 0) is 4.79 Å². The summed E-state index contributed by atoms with van der Waals surface area (Å²) in [6.07, 6.45) is -4.56. The van der Waals surface area contributed by atoms with Crippen LogP contribution in [0.15, 0.2) is 24.3 Å². The van der Waals surface area contributed by atoms with Gasteiger partial charge in [-0.3, -0.25) is 4.79 Å². The van der Waals surface area contributed by atoms with Crippen LogP contribution >= 0.6 is 11.6 Å². The monoisotopic (exact) mass is 279 g/mol. The van der Waals surface area contributed by atoms with E-state index in [4.69, 9.17) is 11.6 Å². The number of amides is 1. The Balaban J connectivity index is 2.20. The number of carbonyl (C=O) groups excluding carboxylic acids is 1. The summed E-state index contributed by atoms with van der Waals surface area (Å²) in [4.78, 5) is 12.9. The maximum Gasteiger partial charge on any atom is 0.573 e. The van der Waals surface area contributed by atoms with E-state index in [9.17, 15) is 18.0 Å². The van der Waals surface area contributed by atoms with Crippen molar-refractivity contribution in [2.24, 2.45) is 0 Å². The molecule has 98 valence electrons. The minimum absolute atomic E-state index is 0.186. The molecule has 0 aromatic heterocycles. The van der Waals surface area contributed by atoms with Gasteiger partial charge in [0, 0.05) is 24.7 Å². The number of ether oxygens (including phenoxy) is 1. The summed E-state index contributed by atoms with van der Waals surface area (Å²) in [5.74, 6) is -0.565. The van der Waals surface area contributed by atoms with Crippen LogP contribution < -0.4 is 9.64 Å². The Kier molecular flexibility index (Phi) is 3.38. The second-order valence-electron chi connectivity index (χ2n) is 3.85. The van der Waals surface area contributed by atoms with Crippen LogP contribution in [0.1, 0.15) is 6.42 Å². The number of benzene rings is 1. The van der Waals surface area contributed by atoms with Crippen molar-refractivity contribution in [2.45, 2.75) is 18.2 Å². The van der Waals surface area contributed by atoms with Crippen LogP contribution in [0.4, 0.5) is 18.9 Å². The first-order chi connectivity index (χ1) is 8.35. The molecule has 0 saturated carbocycles. The van der Waals surface area contributed by atoms with Crippen LogP contribution in [0.25, 0.3) is 0 Å². The predicted molar refractivity (Wildman–Crippen MR) is 59.7 cm³/mol. The van der Waals surface area contributed by atoms with Gasteiger partial charge in [-0.1, -0.05) is 6.07 Å². The zero-order valence-corrected chi connectivity index (χ0v) is 9.83. The molecule has 3 nitrogen and oxygen atoms in total. The lowest BCUT2D eigenvalue weighted by molar-refractivity contribution is -0.274. The van der Waals surface area contributed by atoms with Crippen LogP contribution in [-0.4, -0.2) is 24.2 Å². The van der Waals surface area contributed by atoms with Crippen molar-refractivity contribution in [3.05, 3.63) is 24.3 Å². The van der Waals surface area contributed by atoms with Gasteiger partial charge in [-0.2, -0.15) is 0 Å². The topological polar surface area (TPSA) is 29.5 Å². The first kappa shape index (κ1) is 13.0. The molecule has 1 heterocycles. The fourth-order valence-corrected chi connectivity index (χ4v) is 2.03. The molecule has 1 aliphatic heterocycles. The summed E-state index contributed by atoms with van der Waals surface area (Å²) < 4.78 is 40.0. The van der Waals surface area contributed by atoms with Crippen molar-refractivity contribution in [3.8, 4) is 5.75 Å². The van der Waals surface area contributed by atoms with Gasteiger partial charge >= 0.3 is 6.36 Å². The molecule has 1 aromatic rings. The van der Waals surface area contributed by atoms with Gasteiger partial charge in [0.2, 0.25) is 5.91 Å². The standard InChI is InChI=1S/C11H9ClF3NO2/c12-7-4-10(17)16(6-7)8-2-1-3-9(5-8)18-11(13,14)15/h1-3,5,7H,4,6H2. The minimum atomic E-state index is -4.75. The second kappa shape index (κ2) is 4.68. The Morgan fingerprint density at radius 2 is 2.11 bits per heavy atom. The molecule has 1 fully saturated rings. The van der Waals surface area contributed by atoms with Crippen LogP contribution in [0.5, 0.6) is 5.75 Å². The highest BCUT2D eigenvalue weighted by Crippen LogP contribution is 2.29. The first-order valence-corrected chi connectivity index (χ1v) is 5.59. The van der Waals surface area contributed by atoms with E-state index in [2.05, 4.69) is 4.74 Å². The first-order valence-electron chi connectivity index (χ1n) is 5.15. The molecule has 1 aliphatic rings. The van der Waals surface area contributed by atoms with Gasteiger partial charge in [-0.25, -0.2) is 0 Å². The molecular weight excluding hydrogens is 271 g/mol. The molecule has 1 unspecified atom stereocenters. The number of nitrogens with zero attached hydrogens (tertiary/aromatic N) is 1. The van der Waals surface area contributed by atoms with Crippen LogP contribution in [0.2, 0.25) is 0 Å². The molecule has 0 N–H and O–H groups in total. The molecular formula is C11H9ClF3NO2. The number of rotatable bonds is 2. The fourth-order valence-electron chi connectivity index (χ4n) is 1.76. The Hall–Kier alpha value is -1.43. The molecule has 1 atom stereocenters. The van der Waals surface area contributed by atoms with Crippen molar-refractivity contribution in [1.82, 2.24) is 0 Å². The van der Waals surface area contributed by atoms with E-state index in [1.165, 1.54) is 29.2 Å². The van der Waals surface area contributed by atoms with Crippen molar-refractivity contribution in [3.63, 3.8) is 0 Å². The number of hydrogen-bond acceptors (Lipinski definition) is 2. The summed E-state index contributed by atoms with van der Waals surface area (Å²) in [5.41, 5.74) is 0.352. The molecule has 1 aromatic carbocycles. The fraction of sp³-hybridized carbons (Fsp3) is 0.364. The molecule has 0 spiro atoms. The summed E-state index contributed by atoms with van der Waals surface area (Å²) in [7, 11) is 0. The summed E-state index contributed by atoms with van der Waals surface area (Å²) in [6.45, 7) is 0.288. The third-order valence-electron chi connectivity index (χ3n) is 2.44. The quantitative estimate of drug-likeness (QED) is 0.779. The maximum atomic E-state index is 12.1. The Morgan fingerprint density at radius 1 is 1.39 bits per heavy atom. The van der Waals surface area contributed by atoms with Gasteiger partial charge in [0.1, 0.15) is 5.75 Å². The van der Waals surface area contributed by atoms with Crippen LogP contribution in [0.3, 0.4) is 0 Å². The van der Waals surface area contributed by atoms with E-state index in [1.807, 2.05) is 0 Å². The SMILES string of the molecule is O=C1CC(Cl)CN1c1cccc(OC(F)(F)F)c1. The lowest BCUT2D eigenvalue weighted by Crippen LogP contribution is -2.24. The third kappa shape index (κ3) is 3.07. The molecule has 1 saturated heterocycles. The number of alkyl halides is 4. The molecule has 1 amide bonds. The minimum Gasteiger partial charge on any atom is -0.406 e. The smallest absolute Gasteiger partial charge is 0.406 e. The van der Waals surface area contributed by atoms with Crippen LogP contribution in [0, 0.1) is 0 Å². The molecule has 7 heteroatoms. The third-order valence-corrected chi connectivity index (χ3v) is 2.73. The Bertz CT molecular complexity index is 464. The largest absolute Gasteiger partial charge is 0.573 e. The van der Waals surface area contributed by atoms with Gasteiger partial charge in [0.15, 0.2) is 0 Å². The van der Waals surface area contributed by atoms with Crippen molar-refractivity contribution >= 4 is 23.2 Å². The van der Waals surface area contributed by atoms with E-state index in [0.717, 1.165) is 0 Å². The zero-order valence-electron chi connectivity index (χ0n) is 9.08. The van der Waals surface area contributed by atoms with E-state index in [0.29, 0.717) is 5.69 Å². The van der Waals surface area contributed by atoms with Crippen molar-refractivity contribution in [1.29, 1.82) is 0 Å². The van der Waals surface area contributed by atoms with Gasteiger partial charge in [-0.15, -0.1) is 24.8 Å². The molecule has 0 radical (unpaired) electrons. The summed E-state index contributed by atoms with van der Waals surface area (Å²) >= 11 is 5.82. The number of hydrogen-bond donors (Lipinski definition) is 0.